The molecule has 0 unspecified atom stereocenters. The van der Waals surface area contributed by atoms with E-state index in [-0.39, 0.29) is 11.5 Å². The zero-order valence-electron chi connectivity index (χ0n) is 20.1. The highest BCUT2D eigenvalue weighted by atomic mass is 32.2. The van der Waals surface area contributed by atoms with Crippen molar-refractivity contribution in [3.63, 3.8) is 0 Å². The number of nitrogens with zero attached hydrogens (tertiary/aromatic N) is 4. The predicted molar refractivity (Wildman–Crippen MR) is 146 cm³/mol. The van der Waals surface area contributed by atoms with Gasteiger partial charge in [0, 0.05) is 25.8 Å². The van der Waals surface area contributed by atoms with Crippen molar-refractivity contribution < 1.29 is 14.3 Å². The molecule has 36 heavy (non-hydrogen) atoms. The quantitative estimate of drug-likeness (QED) is 0.343. The summed E-state index contributed by atoms with van der Waals surface area (Å²) < 4.78 is 12.7. The van der Waals surface area contributed by atoms with Crippen LogP contribution in [0.3, 0.4) is 0 Å². The monoisotopic (exact) mass is 522 g/mol. The second-order valence-electron chi connectivity index (χ2n) is 8.55. The minimum absolute atomic E-state index is 0.196. The molecule has 0 aliphatic carbocycles. The third kappa shape index (κ3) is 4.58. The Morgan fingerprint density at radius 3 is 2.61 bits per heavy atom. The maximum atomic E-state index is 13.4. The molecule has 2 saturated heterocycles. The van der Waals surface area contributed by atoms with E-state index in [1.165, 1.54) is 16.2 Å². The first kappa shape index (κ1) is 24.3. The molecule has 10 heteroatoms. The number of ether oxygens (including phenoxy) is 2. The van der Waals surface area contributed by atoms with Crippen molar-refractivity contribution in [3.05, 3.63) is 69.0 Å². The summed E-state index contributed by atoms with van der Waals surface area (Å²) in [5, 5.41) is 0. The summed E-state index contributed by atoms with van der Waals surface area (Å²) in [5.41, 5.74) is 1.81. The van der Waals surface area contributed by atoms with Crippen molar-refractivity contribution in [1.29, 1.82) is 0 Å². The summed E-state index contributed by atoms with van der Waals surface area (Å²) in [6.07, 6.45) is 6.06. The SMILES string of the molecule is COc1ccc(CCN2C(=O)/C(=C/c3c(N4CCCC4)nc4ccccn4c3=O)SC2=S)cc1OC. The lowest BCUT2D eigenvalue weighted by molar-refractivity contribution is -0.122. The summed E-state index contributed by atoms with van der Waals surface area (Å²) in [6, 6.07) is 11.2. The number of amides is 1. The van der Waals surface area contributed by atoms with Gasteiger partial charge < -0.3 is 14.4 Å². The average molecular weight is 523 g/mol. The van der Waals surface area contributed by atoms with Crippen LogP contribution in [0.5, 0.6) is 11.5 Å². The van der Waals surface area contributed by atoms with Gasteiger partial charge in [0.15, 0.2) is 11.5 Å². The molecule has 0 spiro atoms. The van der Waals surface area contributed by atoms with Crippen molar-refractivity contribution in [2.24, 2.45) is 0 Å². The van der Waals surface area contributed by atoms with Crippen molar-refractivity contribution >= 4 is 51.7 Å². The van der Waals surface area contributed by atoms with Gasteiger partial charge in [-0.3, -0.25) is 18.9 Å². The van der Waals surface area contributed by atoms with Gasteiger partial charge in [0.05, 0.1) is 24.7 Å². The summed E-state index contributed by atoms with van der Waals surface area (Å²) in [4.78, 5) is 35.7. The van der Waals surface area contributed by atoms with Crippen LogP contribution in [0.2, 0.25) is 0 Å². The van der Waals surface area contributed by atoms with Crippen LogP contribution in [0, 0.1) is 0 Å². The molecule has 3 aromatic rings. The van der Waals surface area contributed by atoms with Gasteiger partial charge in [-0.1, -0.05) is 36.1 Å². The van der Waals surface area contributed by atoms with Crippen LogP contribution < -0.4 is 19.9 Å². The van der Waals surface area contributed by atoms with Crippen LogP contribution in [0.4, 0.5) is 5.82 Å². The summed E-state index contributed by atoms with van der Waals surface area (Å²) in [5.74, 6) is 1.72. The smallest absolute Gasteiger partial charge is 0.267 e. The fraction of sp³-hybridized carbons (Fsp3) is 0.308. The number of hydrogen-bond donors (Lipinski definition) is 0. The largest absolute Gasteiger partial charge is 0.493 e. The molecule has 1 amide bonds. The molecular formula is C26H26N4O4S2. The number of carbonyl (C=O) groups excluding carboxylic acids is 1. The van der Waals surface area contributed by atoms with Gasteiger partial charge in [-0.05, 0) is 55.2 Å². The van der Waals surface area contributed by atoms with Crippen LogP contribution in [-0.2, 0) is 11.2 Å². The number of methoxy groups -OCH3 is 2. The van der Waals surface area contributed by atoms with Crippen LogP contribution in [0.25, 0.3) is 11.7 Å². The average Bonchev–Trinajstić information content (AvgIpc) is 3.52. The Bertz CT molecular complexity index is 1430. The Morgan fingerprint density at radius 2 is 1.86 bits per heavy atom. The van der Waals surface area contributed by atoms with Gasteiger partial charge in [-0.2, -0.15) is 0 Å². The van der Waals surface area contributed by atoms with E-state index >= 15 is 0 Å². The molecular weight excluding hydrogens is 496 g/mol. The summed E-state index contributed by atoms with van der Waals surface area (Å²) >= 11 is 6.76. The second-order valence-corrected chi connectivity index (χ2v) is 10.2. The van der Waals surface area contributed by atoms with Crippen LogP contribution in [-0.4, -0.2) is 58.4 Å². The van der Waals surface area contributed by atoms with E-state index in [4.69, 9.17) is 26.7 Å². The molecule has 2 aromatic heterocycles. The highest BCUT2D eigenvalue weighted by Crippen LogP contribution is 2.34. The van der Waals surface area contributed by atoms with Gasteiger partial charge in [-0.15, -0.1) is 0 Å². The number of thiocarbonyl (C=S) groups is 1. The molecule has 1 aromatic carbocycles. The van der Waals surface area contributed by atoms with E-state index in [9.17, 15) is 9.59 Å². The molecule has 2 aliphatic heterocycles. The fourth-order valence-corrected chi connectivity index (χ4v) is 5.78. The van der Waals surface area contributed by atoms with Crippen LogP contribution in [0.1, 0.15) is 24.0 Å². The summed E-state index contributed by atoms with van der Waals surface area (Å²) in [6.45, 7) is 2.09. The minimum Gasteiger partial charge on any atom is -0.493 e. The molecule has 0 N–H and O–H groups in total. The Labute approximate surface area is 218 Å². The lowest BCUT2D eigenvalue weighted by atomic mass is 10.1. The molecule has 4 heterocycles. The Balaban J connectivity index is 1.43. The minimum atomic E-state index is -0.199. The first-order valence-electron chi connectivity index (χ1n) is 11.7. The lowest BCUT2D eigenvalue weighted by Crippen LogP contribution is -2.30. The van der Waals surface area contributed by atoms with Crippen LogP contribution in [0.15, 0.2) is 52.3 Å². The van der Waals surface area contributed by atoms with E-state index in [0.717, 1.165) is 31.5 Å². The third-order valence-corrected chi connectivity index (χ3v) is 7.75. The third-order valence-electron chi connectivity index (χ3n) is 6.38. The first-order chi connectivity index (χ1) is 17.5. The number of anilines is 1. The molecule has 2 fully saturated rings. The molecule has 8 nitrogen and oxygen atoms in total. The number of thioether (sulfide) groups is 1. The molecule has 186 valence electrons. The van der Waals surface area contributed by atoms with Gasteiger partial charge in [-0.25, -0.2) is 4.98 Å². The van der Waals surface area contributed by atoms with Crippen LogP contribution >= 0.6 is 24.0 Å². The first-order valence-corrected chi connectivity index (χ1v) is 12.9. The molecule has 2 aliphatic rings. The standard InChI is InChI=1S/C26H26N4O4S2/c1-33-19-9-8-17(15-20(19)34-2)10-14-30-25(32)21(36-26(30)35)16-18-23(28-11-5-6-12-28)27-22-7-3-4-13-29(22)24(18)31/h3-4,7-9,13,15-16H,5-6,10-12,14H2,1-2H3/b21-16-. The number of aromatic nitrogens is 2. The van der Waals surface area contributed by atoms with E-state index in [1.807, 2.05) is 30.3 Å². The number of pyridine rings is 1. The van der Waals surface area contributed by atoms with Gasteiger partial charge >= 0.3 is 0 Å². The summed E-state index contributed by atoms with van der Waals surface area (Å²) in [7, 11) is 3.19. The van der Waals surface area contributed by atoms with E-state index in [2.05, 4.69) is 4.90 Å². The number of fused-ring (bicyclic) bond motifs is 1. The van der Waals surface area contributed by atoms with Crippen molar-refractivity contribution in [1.82, 2.24) is 14.3 Å². The normalized spacial score (nSPS) is 17.0. The van der Waals surface area contributed by atoms with Crippen molar-refractivity contribution in [3.8, 4) is 11.5 Å². The van der Waals surface area contributed by atoms with Gasteiger partial charge in [0.1, 0.15) is 15.8 Å². The zero-order valence-corrected chi connectivity index (χ0v) is 21.7. The van der Waals surface area contributed by atoms with Crippen molar-refractivity contribution in [2.45, 2.75) is 19.3 Å². The molecule has 0 atom stereocenters. The number of benzene rings is 1. The number of hydrogen-bond acceptors (Lipinski definition) is 8. The van der Waals surface area contributed by atoms with Gasteiger partial charge in [0.25, 0.3) is 11.5 Å². The number of carbonyl (C=O) groups is 1. The number of rotatable bonds is 7. The Kier molecular flexibility index (Phi) is 6.97. The highest BCUT2D eigenvalue weighted by Gasteiger charge is 2.33. The lowest BCUT2D eigenvalue weighted by Gasteiger charge is -2.19. The molecule has 0 saturated carbocycles. The fourth-order valence-electron chi connectivity index (χ4n) is 4.49. The van der Waals surface area contributed by atoms with E-state index in [1.54, 1.807) is 37.5 Å². The molecule has 0 radical (unpaired) electrons. The van der Waals surface area contributed by atoms with E-state index in [0.29, 0.717) is 50.7 Å². The van der Waals surface area contributed by atoms with Crippen molar-refractivity contribution in [2.75, 3.05) is 38.8 Å². The predicted octanol–water partition coefficient (Wildman–Crippen LogP) is 3.76. The second kappa shape index (κ2) is 10.3. The topological polar surface area (TPSA) is 76.4 Å². The maximum absolute atomic E-state index is 13.4. The Hall–Kier alpha value is -3.37. The maximum Gasteiger partial charge on any atom is 0.267 e. The zero-order chi connectivity index (χ0) is 25.2. The Morgan fingerprint density at radius 1 is 1.08 bits per heavy atom. The highest BCUT2D eigenvalue weighted by molar-refractivity contribution is 8.26. The molecule has 0 bridgehead atoms. The van der Waals surface area contributed by atoms with Gasteiger partial charge in [0.2, 0.25) is 0 Å². The van der Waals surface area contributed by atoms with E-state index < -0.39 is 0 Å². The molecule has 5 rings (SSSR count).